The van der Waals surface area contributed by atoms with Crippen LogP contribution in [0.3, 0.4) is 0 Å². The Hall–Kier alpha value is -2.49. The Kier molecular flexibility index (Phi) is 7.31. The molecule has 0 radical (unpaired) electrons. The molecular formula is C20H23FO3. The minimum Gasteiger partial charge on any atom is -0.454 e. The lowest BCUT2D eigenvalue weighted by Gasteiger charge is -2.15. The van der Waals surface area contributed by atoms with Crippen molar-refractivity contribution in [1.29, 1.82) is 0 Å². The first-order valence-corrected chi connectivity index (χ1v) is 7.74. The molecule has 0 amide bonds. The minimum absolute atomic E-state index is 0.212. The van der Waals surface area contributed by atoms with Gasteiger partial charge in [0.1, 0.15) is 5.82 Å². The third kappa shape index (κ3) is 5.30. The van der Waals surface area contributed by atoms with Crippen LogP contribution in [0.1, 0.15) is 31.9 Å². The van der Waals surface area contributed by atoms with Gasteiger partial charge in [0.15, 0.2) is 6.10 Å². The molecular weight excluding hydrogens is 307 g/mol. The molecule has 3 nitrogen and oxygen atoms in total. The second-order valence-electron chi connectivity index (χ2n) is 5.56. The minimum atomic E-state index is -0.967. The van der Waals surface area contributed by atoms with E-state index >= 15 is 0 Å². The van der Waals surface area contributed by atoms with Crippen molar-refractivity contribution in [2.45, 2.75) is 40.2 Å². The second-order valence-corrected chi connectivity index (χ2v) is 5.56. The highest BCUT2D eigenvalue weighted by molar-refractivity contribution is 6.02. The Morgan fingerprint density at radius 2 is 2.04 bits per heavy atom. The van der Waals surface area contributed by atoms with Crippen molar-refractivity contribution in [3.63, 3.8) is 0 Å². The maximum atomic E-state index is 13.8. The molecule has 0 saturated carbocycles. The Balaban J connectivity index is 2.73. The molecule has 0 aromatic heterocycles. The normalized spacial score (nSPS) is 13.0. The predicted octanol–water partition coefficient (Wildman–Crippen LogP) is 4.26. The highest BCUT2D eigenvalue weighted by Gasteiger charge is 2.22. The first-order valence-electron chi connectivity index (χ1n) is 7.74. The third-order valence-corrected chi connectivity index (χ3v) is 3.66. The molecule has 0 N–H and O–H groups in total. The number of rotatable bonds is 7. The van der Waals surface area contributed by atoms with Gasteiger partial charge < -0.3 is 4.74 Å². The average Bonchev–Trinajstić information content (AvgIpc) is 2.54. The van der Waals surface area contributed by atoms with Gasteiger partial charge in [0.25, 0.3) is 0 Å². The van der Waals surface area contributed by atoms with Crippen molar-refractivity contribution >= 4 is 11.8 Å². The number of ether oxygens (including phenoxy) is 1. The van der Waals surface area contributed by atoms with Crippen LogP contribution in [-0.2, 0) is 20.7 Å². The number of Topliss-reactive ketones (excluding diaryl/α,β-unsaturated/α-hetero) is 1. The smallest absolute Gasteiger partial charge is 0.311 e. The third-order valence-electron chi connectivity index (χ3n) is 3.66. The summed E-state index contributed by atoms with van der Waals surface area (Å²) in [6.07, 6.45) is 4.21. The van der Waals surface area contributed by atoms with Crippen LogP contribution in [0.15, 0.2) is 54.2 Å². The van der Waals surface area contributed by atoms with Gasteiger partial charge >= 0.3 is 5.97 Å². The maximum absolute atomic E-state index is 13.8. The van der Waals surface area contributed by atoms with E-state index in [0.717, 1.165) is 0 Å². The van der Waals surface area contributed by atoms with Crippen molar-refractivity contribution in [2.24, 2.45) is 0 Å². The van der Waals surface area contributed by atoms with E-state index in [1.54, 1.807) is 38.1 Å². The molecule has 4 heteroatoms. The van der Waals surface area contributed by atoms with Crippen molar-refractivity contribution in [2.75, 3.05) is 0 Å². The number of carbonyl (C=O) groups is 2. The zero-order valence-corrected chi connectivity index (χ0v) is 14.6. The fourth-order valence-electron chi connectivity index (χ4n) is 2.11. The summed E-state index contributed by atoms with van der Waals surface area (Å²) in [6, 6.07) is 4.59. The SMILES string of the molecule is C=C(C(=O)C(C)OC(=O)Cc1c(C)cccc1F)/C(C)=C/C=C\C. The Bertz CT molecular complexity index is 679. The standard InChI is InChI=1S/C20H23FO3/c1-6-7-9-13(2)15(4)20(23)16(5)24-19(22)12-17-14(3)10-8-11-18(17)21/h6-11,16H,4,12H2,1-3,5H3/b7-6-,13-9+. The fraction of sp³-hybridized carbons (Fsp3) is 0.300. The van der Waals surface area contributed by atoms with E-state index < -0.39 is 17.9 Å². The summed E-state index contributed by atoms with van der Waals surface area (Å²) in [5.74, 6) is -1.47. The van der Waals surface area contributed by atoms with E-state index in [0.29, 0.717) is 11.1 Å². The van der Waals surface area contributed by atoms with Crippen molar-refractivity contribution in [3.05, 3.63) is 71.1 Å². The van der Waals surface area contributed by atoms with Gasteiger partial charge in [-0.3, -0.25) is 9.59 Å². The molecule has 0 aliphatic heterocycles. The van der Waals surface area contributed by atoms with E-state index in [4.69, 9.17) is 4.74 Å². The molecule has 0 saturated heterocycles. The quantitative estimate of drug-likeness (QED) is 0.426. The van der Waals surface area contributed by atoms with Gasteiger partial charge in [-0.25, -0.2) is 4.39 Å². The first kappa shape index (κ1) is 19.6. The highest BCUT2D eigenvalue weighted by Crippen LogP contribution is 2.16. The van der Waals surface area contributed by atoms with E-state index in [1.807, 2.05) is 13.0 Å². The molecule has 1 aromatic rings. The lowest BCUT2D eigenvalue weighted by atomic mass is 10.0. The van der Waals surface area contributed by atoms with E-state index in [2.05, 4.69) is 6.58 Å². The van der Waals surface area contributed by atoms with Crippen molar-refractivity contribution < 1.29 is 18.7 Å². The van der Waals surface area contributed by atoms with Gasteiger partial charge in [0, 0.05) is 11.1 Å². The average molecular weight is 330 g/mol. The summed E-state index contributed by atoms with van der Waals surface area (Å²) < 4.78 is 18.9. The molecule has 0 spiro atoms. The molecule has 0 heterocycles. The number of halogens is 1. The first-order chi connectivity index (χ1) is 11.3. The molecule has 24 heavy (non-hydrogen) atoms. The molecule has 1 rings (SSSR count). The van der Waals surface area contributed by atoms with Gasteiger partial charge in [0.05, 0.1) is 6.42 Å². The summed E-state index contributed by atoms with van der Waals surface area (Å²) in [7, 11) is 0. The number of benzene rings is 1. The molecule has 1 unspecified atom stereocenters. The van der Waals surface area contributed by atoms with Crippen LogP contribution in [0.4, 0.5) is 4.39 Å². The van der Waals surface area contributed by atoms with Gasteiger partial charge in [0.2, 0.25) is 5.78 Å². The summed E-state index contributed by atoms with van der Waals surface area (Å²) >= 11 is 0. The van der Waals surface area contributed by atoms with E-state index in [1.165, 1.54) is 13.0 Å². The zero-order chi connectivity index (χ0) is 18.3. The van der Waals surface area contributed by atoms with E-state index in [-0.39, 0.29) is 23.3 Å². The lowest BCUT2D eigenvalue weighted by Crippen LogP contribution is -2.26. The van der Waals surface area contributed by atoms with Crippen LogP contribution in [-0.4, -0.2) is 17.9 Å². The molecule has 0 aliphatic rings. The second kappa shape index (κ2) is 8.96. The fourth-order valence-corrected chi connectivity index (χ4v) is 2.11. The molecule has 0 fully saturated rings. The molecule has 1 aromatic carbocycles. The zero-order valence-electron chi connectivity index (χ0n) is 14.6. The predicted molar refractivity (Wildman–Crippen MR) is 93.1 cm³/mol. The summed E-state index contributed by atoms with van der Waals surface area (Å²) in [4.78, 5) is 24.3. The van der Waals surface area contributed by atoms with Crippen LogP contribution in [0.25, 0.3) is 0 Å². The highest BCUT2D eigenvalue weighted by atomic mass is 19.1. The van der Waals surface area contributed by atoms with Gasteiger partial charge in [-0.1, -0.05) is 36.9 Å². The Labute approximate surface area is 142 Å². The van der Waals surface area contributed by atoms with E-state index in [9.17, 15) is 14.0 Å². The number of esters is 1. The van der Waals surface area contributed by atoms with Gasteiger partial charge in [-0.15, -0.1) is 0 Å². The number of carbonyl (C=O) groups excluding carboxylic acids is 2. The lowest BCUT2D eigenvalue weighted by molar-refractivity contribution is -0.152. The van der Waals surface area contributed by atoms with Crippen LogP contribution in [0.2, 0.25) is 0 Å². The number of hydrogen-bond donors (Lipinski definition) is 0. The van der Waals surface area contributed by atoms with Crippen molar-refractivity contribution in [3.8, 4) is 0 Å². The molecule has 128 valence electrons. The topological polar surface area (TPSA) is 43.4 Å². The van der Waals surface area contributed by atoms with Gasteiger partial charge in [-0.2, -0.15) is 0 Å². The summed E-state index contributed by atoms with van der Waals surface area (Å²) in [6.45, 7) is 10.6. The largest absolute Gasteiger partial charge is 0.454 e. The molecule has 0 bridgehead atoms. The number of ketones is 1. The van der Waals surface area contributed by atoms with Crippen LogP contribution >= 0.6 is 0 Å². The Morgan fingerprint density at radius 3 is 2.62 bits per heavy atom. The molecule has 0 aliphatic carbocycles. The Morgan fingerprint density at radius 1 is 1.38 bits per heavy atom. The maximum Gasteiger partial charge on any atom is 0.311 e. The number of aryl methyl sites for hydroxylation is 1. The number of allylic oxidation sites excluding steroid dienone is 4. The van der Waals surface area contributed by atoms with Crippen LogP contribution in [0.5, 0.6) is 0 Å². The molecule has 1 atom stereocenters. The monoisotopic (exact) mass is 330 g/mol. The summed E-state index contributed by atoms with van der Waals surface area (Å²) in [5, 5.41) is 0. The van der Waals surface area contributed by atoms with Crippen LogP contribution < -0.4 is 0 Å². The summed E-state index contributed by atoms with van der Waals surface area (Å²) in [5.41, 5.74) is 1.94. The number of hydrogen-bond acceptors (Lipinski definition) is 3. The van der Waals surface area contributed by atoms with Crippen molar-refractivity contribution in [1.82, 2.24) is 0 Å². The van der Waals surface area contributed by atoms with Gasteiger partial charge in [-0.05, 0) is 44.9 Å². The van der Waals surface area contributed by atoms with Crippen LogP contribution in [0, 0.1) is 12.7 Å².